The summed E-state index contributed by atoms with van der Waals surface area (Å²) in [5.41, 5.74) is 1.81. The number of methoxy groups -OCH3 is 1. The number of aromatic nitrogens is 2. The van der Waals surface area contributed by atoms with Crippen molar-refractivity contribution in [2.24, 2.45) is 5.10 Å². The highest BCUT2D eigenvalue weighted by Gasteiger charge is 2.14. The molecule has 2 aromatic carbocycles. The number of aromatic hydroxyl groups is 1. The number of benzene rings is 2. The average molecular weight is 387 g/mol. The largest absolute Gasteiger partial charge is 0.497 e. The van der Waals surface area contributed by atoms with Crippen molar-refractivity contribution >= 4 is 23.5 Å². The molecule has 0 aliphatic carbocycles. The second-order valence-corrected chi connectivity index (χ2v) is 5.79. The highest BCUT2D eigenvalue weighted by molar-refractivity contribution is 6.33. The Morgan fingerprint density at radius 2 is 1.89 bits per heavy atom. The van der Waals surface area contributed by atoms with Crippen LogP contribution in [0.5, 0.6) is 11.6 Å². The van der Waals surface area contributed by atoms with Gasteiger partial charge in [-0.05, 0) is 36.4 Å². The maximum Gasteiger partial charge on any atom is 0.335 e. The number of para-hydroxylation sites is 1. The van der Waals surface area contributed by atoms with E-state index >= 15 is 0 Å². The van der Waals surface area contributed by atoms with E-state index in [1.54, 1.807) is 48.5 Å². The molecule has 3 N–H and O–H groups in total. The van der Waals surface area contributed by atoms with Gasteiger partial charge >= 0.3 is 5.69 Å². The van der Waals surface area contributed by atoms with Crippen LogP contribution in [0.2, 0.25) is 5.02 Å². The van der Waals surface area contributed by atoms with Crippen LogP contribution in [0.1, 0.15) is 5.56 Å². The van der Waals surface area contributed by atoms with Crippen LogP contribution in [0, 0.1) is 0 Å². The summed E-state index contributed by atoms with van der Waals surface area (Å²) in [5.74, 6) is 0.0417. The van der Waals surface area contributed by atoms with Crippen LogP contribution in [0.3, 0.4) is 0 Å². The zero-order chi connectivity index (χ0) is 19.4. The van der Waals surface area contributed by atoms with E-state index < -0.39 is 17.1 Å². The van der Waals surface area contributed by atoms with E-state index in [4.69, 9.17) is 16.3 Å². The SMILES string of the molecule is COc1ccc(-n2c(O)c(C=NNc3ccccc3Cl)c(=O)[nH]c2=O)cc1. The van der Waals surface area contributed by atoms with Gasteiger partial charge in [-0.15, -0.1) is 0 Å². The molecule has 138 valence electrons. The number of aromatic amines is 1. The van der Waals surface area contributed by atoms with Gasteiger partial charge in [0.25, 0.3) is 5.56 Å². The van der Waals surface area contributed by atoms with Crippen molar-refractivity contribution in [1.82, 2.24) is 9.55 Å². The highest BCUT2D eigenvalue weighted by Crippen LogP contribution is 2.21. The van der Waals surface area contributed by atoms with E-state index in [9.17, 15) is 14.7 Å². The first-order chi connectivity index (χ1) is 13.0. The van der Waals surface area contributed by atoms with E-state index in [-0.39, 0.29) is 5.56 Å². The van der Waals surface area contributed by atoms with Crippen LogP contribution in [-0.4, -0.2) is 28.0 Å². The lowest BCUT2D eigenvalue weighted by molar-refractivity contribution is 0.414. The normalized spacial score (nSPS) is 10.9. The summed E-state index contributed by atoms with van der Waals surface area (Å²) in [4.78, 5) is 26.4. The van der Waals surface area contributed by atoms with Gasteiger partial charge in [0.1, 0.15) is 11.3 Å². The molecule has 0 atom stereocenters. The van der Waals surface area contributed by atoms with E-state index in [1.165, 1.54) is 7.11 Å². The predicted molar refractivity (Wildman–Crippen MR) is 104 cm³/mol. The summed E-state index contributed by atoms with van der Waals surface area (Å²) in [6.45, 7) is 0. The van der Waals surface area contributed by atoms with E-state index in [2.05, 4.69) is 15.5 Å². The van der Waals surface area contributed by atoms with E-state index in [0.717, 1.165) is 10.8 Å². The summed E-state index contributed by atoms with van der Waals surface area (Å²) in [6.07, 6.45) is 1.11. The van der Waals surface area contributed by atoms with Gasteiger partial charge in [0, 0.05) is 0 Å². The quantitative estimate of drug-likeness (QED) is 0.460. The molecule has 0 saturated heterocycles. The standard InChI is InChI=1S/C18H15ClN4O4/c1-27-12-8-6-11(7-9-12)23-17(25)13(16(24)21-18(23)26)10-20-22-15-5-3-2-4-14(15)19/h2-10,22,25H,1H3,(H,21,24,26). The van der Waals surface area contributed by atoms with Crippen molar-refractivity contribution in [3.8, 4) is 17.3 Å². The fraction of sp³-hybridized carbons (Fsp3) is 0.0556. The van der Waals surface area contributed by atoms with Gasteiger partial charge in [-0.1, -0.05) is 23.7 Å². The minimum atomic E-state index is -0.779. The number of nitrogens with one attached hydrogen (secondary N) is 2. The number of hydrogen-bond acceptors (Lipinski definition) is 6. The number of hydrogen-bond donors (Lipinski definition) is 3. The molecule has 3 aromatic rings. The van der Waals surface area contributed by atoms with Gasteiger partial charge in [-0.25, -0.2) is 9.36 Å². The van der Waals surface area contributed by atoms with Crippen molar-refractivity contribution in [3.63, 3.8) is 0 Å². The zero-order valence-corrected chi connectivity index (χ0v) is 14.9. The summed E-state index contributed by atoms with van der Waals surface area (Å²) in [7, 11) is 1.51. The van der Waals surface area contributed by atoms with Crippen molar-refractivity contribution in [3.05, 3.63) is 80.0 Å². The second-order valence-electron chi connectivity index (χ2n) is 5.38. The smallest absolute Gasteiger partial charge is 0.335 e. The maximum atomic E-state index is 12.1. The molecule has 3 rings (SSSR count). The molecular formula is C18H15ClN4O4. The Morgan fingerprint density at radius 3 is 2.56 bits per heavy atom. The van der Waals surface area contributed by atoms with Gasteiger partial charge in [-0.3, -0.25) is 15.2 Å². The minimum absolute atomic E-state index is 0.190. The number of hydrazone groups is 1. The Bertz CT molecular complexity index is 1100. The lowest BCUT2D eigenvalue weighted by atomic mass is 10.2. The van der Waals surface area contributed by atoms with E-state index in [0.29, 0.717) is 22.1 Å². The van der Waals surface area contributed by atoms with Crippen molar-refractivity contribution in [2.75, 3.05) is 12.5 Å². The van der Waals surface area contributed by atoms with Crippen LogP contribution in [0.15, 0.2) is 63.2 Å². The molecule has 27 heavy (non-hydrogen) atoms. The first kappa shape index (κ1) is 18.3. The van der Waals surface area contributed by atoms with Crippen molar-refractivity contribution in [2.45, 2.75) is 0 Å². The monoisotopic (exact) mass is 386 g/mol. The Morgan fingerprint density at radius 1 is 1.19 bits per heavy atom. The Labute approximate surface area is 158 Å². The van der Waals surface area contributed by atoms with Crippen molar-refractivity contribution < 1.29 is 9.84 Å². The number of halogens is 1. The number of anilines is 1. The van der Waals surface area contributed by atoms with Crippen LogP contribution < -0.4 is 21.4 Å². The molecule has 9 heteroatoms. The first-order valence-corrected chi connectivity index (χ1v) is 8.15. The molecule has 0 unspecified atom stereocenters. The summed E-state index contributed by atoms with van der Waals surface area (Å²) in [6, 6.07) is 13.3. The number of ether oxygens (including phenoxy) is 1. The van der Waals surface area contributed by atoms with Gasteiger partial charge in [-0.2, -0.15) is 5.10 Å². The highest BCUT2D eigenvalue weighted by atomic mass is 35.5. The molecular weight excluding hydrogens is 372 g/mol. The van der Waals surface area contributed by atoms with Gasteiger partial charge < -0.3 is 9.84 Å². The molecule has 0 aliphatic rings. The molecule has 8 nitrogen and oxygen atoms in total. The molecule has 0 fully saturated rings. The Hall–Kier alpha value is -3.52. The molecule has 1 aromatic heterocycles. The average Bonchev–Trinajstić information content (AvgIpc) is 2.66. The zero-order valence-electron chi connectivity index (χ0n) is 14.1. The van der Waals surface area contributed by atoms with Crippen LogP contribution in [0.4, 0.5) is 5.69 Å². The molecule has 0 spiro atoms. The maximum absolute atomic E-state index is 12.1. The summed E-state index contributed by atoms with van der Waals surface area (Å²) in [5, 5.41) is 14.8. The fourth-order valence-corrected chi connectivity index (χ4v) is 2.52. The summed E-state index contributed by atoms with van der Waals surface area (Å²) < 4.78 is 6.02. The van der Waals surface area contributed by atoms with E-state index in [1.807, 2.05) is 0 Å². The Kier molecular flexibility index (Phi) is 5.28. The number of rotatable bonds is 5. The molecule has 0 aliphatic heterocycles. The van der Waals surface area contributed by atoms with Gasteiger partial charge in [0.05, 0.1) is 29.7 Å². The molecule has 0 amide bonds. The summed E-state index contributed by atoms with van der Waals surface area (Å²) >= 11 is 6.01. The third-order valence-electron chi connectivity index (χ3n) is 3.70. The van der Waals surface area contributed by atoms with Crippen LogP contribution >= 0.6 is 11.6 Å². The number of H-pyrrole nitrogens is 1. The van der Waals surface area contributed by atoms with Crippen molar-refractivity contribution in [1.29, 1.82) is 0 Å². The third kappa shape index (κ3) is 3.85. The lowest BCUT2D eigenvalue weighted by Crippen LogP contribution is -2.31. The molecule has 0 radical (unpaired) electrons. The molecule has 1 heterocycles. The lowest BCUT2D eigenvalue weighted by Gasteiger charge is -2.10. The minimum Gasteiger partial charge on any atom is -0.497 e. The van der Waals surface area contributed by atoms with Gasteiger partial charge in [0.2, 0.25) is 5.88 Å². The third-order valence-corrected chi connectivity index (χ3v) is 4.03. The van der Waals surface area contributed by atoms with Crippen LogP contribution in [-0.2, 0) is 0 Å². The second kappa shape index (κ2) is 7.79. The topological polar surface area (TPSA) is 109 Å². The molecule has 0 saturated carbocycles. The number of nitrogens with zero attached hydrogens (tertiary/aromatic N) is 2. The van der Waals surface area contributed by atoms with Crippen LogP contribution in [0.25, 0.3) is 5.69 Å². The van der Waals surface area contributed by atoms with Gasteiger partial charge in [0.15, 0.2) is 0 Å². The predicted octanol–water partition coefficient (Wildman–Crippen LogP) is 2.34. The molecule has 0 bridgehead atoms. The first-order valence-electron chi connectivity index (χ1n) is 7.77. The fourth-order valence-electron chi connectivity index (χ4n) is 2.34. The Balaban J connectivity index is 1.98.